The van der Waals surface area contributed by atoms with E-state index in [0.717, 1.165) is 12.0 Å². The molecule has 0 aromatic carbocycles. The monoisotopic (exact) mass is 266 g/mol. The first-order chi connectivity index (χ1) is 9.01. The minimum Gasteiger partial charge on any atom is -0.327 e. The Bertz CT molecular complexity index is 270. The number of hydrogen-bond donors (Lipinski definition) is 1. The van der Waals surface area contributed by atoms with Crippen LogP contribution in [0.1, 0.15) is 72.1 Å². The Morgan fingerprint density at radius 1 is 1.16 bits per heavy atom. The van der Waals surface area contributed by atoms with Gasteiger partial charge in [0.15, 0.2) is 0 Å². The van der Waals surface area contributed by atoms with Crippen molar-refractivity contribution in [3.05, 3.63) is 0 Å². The fourth-order valence-corrected chi connectivity index (χ4v) is 4.00. The van der Waals surface area contributed by atoms with Crippen molar-refractivity contribution in [2.45, 2.75) is 84.2 Å². The van der Waals surface area contributed by atoms with Gasteiger partial charge in [0, 0.05) is 18.6 Å². The van der Waals surface area contributed by atoms with Crippen LogP contribution in [-0.4, -0.2) is 30.1 Å². The Kier molecular flexibility index (Phi) is 5.30. The van der Waals surface area contributed by atoms with Crippen molar-refractivity contribution in [2.24, 2.45) is 17.1 Å². The number of nitrogens with zero attached hydrogens (tertiary/aromatic N) is 1. The molecule has 2 aliphatic rings. The van der Waals surface area contributed by atoms with Crippen LogP contribution >= 0.6 is 0 Å². The Balaban J connectivity index is 1.95. The van der Waals surface area contributed by atoms with Gasteiger partial charge < -0.3 is 5.73 Å². The number of rotatable bonds is 6. The fourth-order valence-electron chi connectivity index (χ4n) is 4.00. The van der Waals surface area contributed by atoms with E-state index in [1.54, 1.807) is 0 Å². The average molecular weight is 266 g/mol. The van der Waals surface area contributed by atoms with Gasteiger partial charge in [0.25, 0.3) is 0 Å². The maximum atomic E-state index is 6.39. The highest BCUT2D eigenvalue weighted by Gasteiger charge is 2.39. The average Bonchev–Trinajstić information content (AvgIpc) is 2.96. The molecular formula is C17H34N2. The van der Waals surface area contributed by atoms with E-state index >= 15 is 0 Å². The van der Waals surface area contributed by atoms with Crippen LogP contribution in [0.5, 0.6) is 0 Å². The Morgan fingerprint density at radius 3 is 2.37 bits per heavy atom. The third kappa shape index (κ3) is 3.95. The molecule has 0 saturated heterocycles. The zero-order valence-electron chi connectivity index (χ0n) is 13.3. The van der Waals surface area contributed by atoms with Crippen molar-refractivity contribution in [3.8, 4) is 0 Å². The van der Waals surface area contributed by atoms with Crippen LogP contribution < -0.4 is 5.73 Å². The van der Waals surface area contributed by atoms with Crippen molar-refractivity contribution < 1.29 is 0 Å². The van der Waals surface area contributed by atoms with E-state index in [1.807, 2.05) is 0 Å². The molecule has 0 spiro atoms. The number of nitrogens with two attached hydrogens (primary N) is 1. The molecule has 2 rings (SSSR count). The predicted octanol–water partition coefficient (Wildman–Crippen LogP) is 3.79. The highest BCUT2D eigenvalue weighted by Crippen LogP contribution is 2.39. The molecule has 0 aliphatic heterocycles. The van der Waals surface area contributed by atoms with E-state index in [2.05, 4.69) is 25.7 Å². The van der Waals surface area contributed by atoms with Crippen molar-refractivity contribution >= 4 is 0 Å². The topological polar surface area (TPSA) is 29.3 Å². The van der Waals surface area contributed by atoms with Crippen LogP contribution in [0.25, 0.3) is 0 Å². The second-order valence-electron chi connectivity index (χ2n) is 7.74. The van der Waals surface area contributed by atoms with Gasteiger partial charge in [-0.1, -0.05) is 40.0 Å². The highest BCUT2D eigenvalue weighted by molar-refractivity contribution is 4.95. The Labute approximate surface area is 120 Å². The molecule has 2 fully saturated rings. The first-order valence-corrected chi connectivity index (χ1v) is 8.51. The van der Waals surface area contributed by atoms with E-state index in [1.165, 1.54) is 64.5 Å². The summed E-state index contributed by atoms with van der Waals surface area (Å²) in [5.41, 5.74) is 6.76. The highest BCUT2D eigenvalue weighted by atomic mass is 15.2. The Morgan fingerprint density at radius 2 is 1.84 bits per heavy atom. The lowest BCUT2D eigenvalue weighted by atomic mass is 9.84. The minimum absolute atomic E-state index is 0.375. The van der Waals surface area contributed by atoms with Gasteiger partial charge in [-0.05, 0) is 50.0 Å². The maximum Gasteiger partial charge on any atom is 0.0105 e. The van der Waals surface area contributed by atoms with Gasteiger partial charge in [-0.2, -0.15) is 0 Å². The van der Waals surface area contributed by atoms with Crippen molar-refractivity contribution in [1.82, 2.24) is 4.90 Å². The van der Waals surface area contributed by atoms with E-state index < -0.39 is 0 Å². The molecule has 0 aromatic heterocycles. The lowest BCUT2D eigenvalue weighted by Gasteiger charge is -2.39. The third-order valence-corrected chi connectivity index (χ3v) is 5.56. The molecule has 19 heavy (non-hydrogen) atoms. The fraction of sp³-hybridized carbons (Fsp3) is 1.00. The molecule has 112 valence electrons. The van der Waals surface area contributed by atoms with Crippen LogP contribution in [0.15, 0.2) is 0 Å². The largest absolute Gasteiger partial charge is 0.327 e. The van der Waals surface area contributed by atoms with Gasteiger partial charge in [-0.3, -0.25) is 4.90 Å². The summed E-state index contributed by atoms with van der Waals surface area (Å²) in [5, 5.41) is 0. The molecule has 2 saturated carbocycles. The summed E-state index contributed by atoms with van der Waals surface area (Å²) >= 11 is 0. The van der Waals surface area contributed by atoms with Crippen molar-refractivity contribution in [2.75, 3.05) is 13.1 Å². The molecule has 2 N–H and O–H groups in total. The molecule has 2 unspecified atom stereocenters. The molecule has 2 atom stereocenters. The summed E-state index contributed by atoms with van der Waals surface area (Å²) in [7, 11) is 0. The second-order valence-corrected chi connectivity index (χ2v) is 7.74. The lowest BCUT2D eigenvalue weighted by Crippen LogP contribution is -2.47. The van der Waals surface area contributed by atoms with Crippen LogP contribution in [0.4, 0.5) is 0 Å². The quantitative estimate of drug-likeness (QED) is 0.792. The van der Waals surface area contributed by atoms with Gasteiger partial charge >= 0.3 is 0 Å². The van der Waals surface area contributed by atoms with Crippen LogP contribution in [0.2, 0.25) is 0 Å². The van der Waals surface area contributed by atoms with Gasteiger partial charge in [0.1, 0.15) is 0 Å². The Hall–Kier alpha value is -0.0800. The zero-order valence-corrected chi connectivity index (χ0v) is 13.3. The van der Waals surface area contributed by atoms with Gasteiger partial charge in [-0.25, -0.2) is 0 Å². The molecule has 2 nitrogen and oxygen atoms in total. The predicted molar refractivity (Wildman–Crippen MR) is 83.2 cm³/mol. The van der Waals surface area contributed by atoms with E-state index in [9.17, 15) is 0 Å². The first-order valence-electron chi connectivity index (χ1n) is 8.51. The molecule has 0 amide bonds. The van der Waals surface area contributed by atoms with Crippen LogP contribution in [0, 0.1) is 11.3 Å². The van der Waals surface area contributed by atoms with Crippen LogP contribution in [0.3, 0.4) is 0 Å². The molecule has 0 aromatic rings. The standard InChI is InChI=1S/C17H34N2/c1-14(2)10-12-19(15-7-4-5-8-15)13-17(3)11-6-9-16(17)18/h14-16H,4-13,18H2,1-3H3. The molecule has 0 bridgehead atoms. The summed E-state index contributed by atoms with van der Waals surface area (Å²) in [6.07, 6.45) is 10.9. The summed E-state index contributed by atoms with van der Waals surface area (Å²) in [4.78, 5) is 2.80. The van der Waals surface area contributed by atoms with Crippen LogP contribution in [-0.2, 0) is 0 Å². The molecule has 0 radical (unpaired) electrons. The summed E-state index contributed by atoms with van der Waals surface area (Å²) in [5.74, 6) is 0.814. The normalized spacial score (nSPS) is 32.8. The minimum atomic E-state index is 0.375. The first kappa shape index (κ1) is 15.3. The smallest absolute Gasteiger partial charge is 0.0105 e. The van der Waals surface area contributed by atoms with Crippen molar-refractivity contribution in [1.29, 1.82) is 0 Å². The van der Waals surface area contributed by atoms with Gasteiger partial charge in [-0.15, -0.1) is 0 Å². The lowest BCUT2D eigenvalue weighted by molar-refractivity contribution is 0.107. The second kappa shape index (κ2) is 6.58. The van der Waals surface area contributed by atoms with Gasteiger partial charge in [0.2, 0.25) is 0 Å². The summed E-state index contributed by atoms with van der Waals surface area (Å²) < 4.78 is 0. The summed E-state index contributed by atoms with van der Waals surface area (Å²) in [6, 6.07) is 1.28. The van der Waals surface area contributed by atoms with Crippen molar-refractivity contribution in [3.63, 3.8) is 0 Å². The maximum absolute atomic E-state index is 6.39. The zero-order chi connectivity index (χ0) is 13.9. The number of hydrogen-bond acceptors (Lipinski definition) is 2. The molecule has 2 aliphatic carbocycles. The molecule has 0 heterocycles. The molecular weight excluding hydrogens is 232 g/mol. The molecule has 2 heteroatoms. The summed E-state index contributed by atoms with van der Waals surface area (Å²) in [6.45, 7) is 9.64. The van der Waals surface area contributed by atoms with E-state index in [-0.39, 0.29) is 0 Å². The van der Waals surface area contributed by atoms with E-state index in [4.69, 9.17) is 5.73 Å². The van der Waals surface area contributed by atoms with Gasteiger partial charge in [0.05, 0.1) is 0 Å². The third-order valence-electron chi connectivity index (χ3n) is 5.56. The van der Waals surface area contributed by atoms with E-state index in [0.29, 0.717) is 11.5 Å². The SMILES string of the molecule is CC(C)CCN(CC1(C)CCCC1N)C1CCCC1.